The molecule has 1 N–H and O–H groups in total. The van der Waals surface area contributed by atoms with E-state index in [0.29, 0.717) is 17.3 Å². The summed E-state index contributed by atoms with van der Waals surface area (Å²) in [5.74, 6) is 1.84. The molecule has 0 bridgehead atoms. The number of furan rings is 1. The Morgan fingerprint density at radius 3 is 2.76 bits per heavy atom. The SMILES string of the molecule is COc1ccc(-n2nc3c(c2NC(=O)c2ccco2)C[S@](=O)C3)cc1. The second-order valence-electron chi connectivity index (χ2n) is 5.54. The minimum Gasteiger partial charge on any atom is -0.497 e. The summed E-state index contributed by atoms with van der Waals surface area (Å²) in [6, 6.07) is 10.6. The second-order valence-corrected chi connectivity index (χ2v) is 7.00. The third-order valence-corrected chi connectivity index (χ3v) is 5.17. The Balaban J connectivity index is 1.75. The number of amides is 1. The molecule has 1 aliphatic heterocycles. The molecule has 128 valence electrons. The molecule has 1 aliphatic rings. The molecule has 7 nitrogen and oxygen atoms in total. The van der Waals surface area contributed by atoms with Gasteiger partial charge in [-0.25, -0.2) is 4.68 Å². The Labute approximate surface area is 146 Å². The van der Waals surface area contributed by atoms with E-state index >= 15 is 0 Å². The molecule has 0 fully saturated rings. The van der Waals surface area contributed by atoms with E-state index in [2.05, 4.69) is 10.4 Å². The average Bonchev–Trinajstić information content (AvgIpc) is 3.33. The largest absolute Gasteiger partial charge is 0.497 e. The normalized spacial score (nSPS) is 15.8. The molecule has 0 saturated carbocycles. The Morgan fingerprint density at radius 2 is 2.08 bits per heavy atom. The monoisotopic (exact) mass is 357 g/mol. The fourth-order valence-electron chi connectivity index (χ4n) is 2.74. The van der Waals surface area contributed by atoms with Gasteiger partial charge in [0.2, 0.25) is 0 Å². The molecule has 0 saturated heterocycles. The number of anilines is 1. The number of nitrogens with zero attached hydrogens (tertiary/aromatic N) is 2. The molecule has 1 amide bonds. The van der Waals surface area contributed by atoms with Crippen LogP contribution in [0.3, 0.4) is 0 Å². The first-order valence-electron chi connectivity index (χ1n) is 7.60. The highest BCUT2D eigenvalue weighted by molar-refractivity contribution is 7.83. The number of ether oxygens (including phenoxy) is 1. The molecule has 2 aromatic heterocycles. The molecule has 3 heterocycles. The maximum Gasteiger partial charge on any atom is 0.292 e. The summed E-state index contributed by atoms with van der Waals surface area (Å²) in [5, 5.41) is 7.38. The van der Waals surface area contributed by atoms with Gasteiger partial charge in [0.1, 0.15) is 11.6 Å². The van der Waals surface area contributed by atoms with Crippen molar-refractivity contribution in [1.29, 1.82) is 0 Å². The highest BCUT2D eigenvalue weighted by atomic mass is 32.2. The van der Waals surface area contributed by atoms with Crippen LogP contribution in [-0.2, 0) is 22.3 Å². The van der Waals surface area contributed by atoms with Crippen LogP contribution >= 0.6 is 0 Å². The molecule has 3 aromatic rings. The van der Waals surface area contributed by atoms with Crippen LogP contribution < -0.4 is 10.1 Å². The standard InChI is InChI=1S/C17H15N3O4S/c1-23-12-6-4-11(5-7-12)20-16(13-9-25(22)10-14(13)19-20)18-17(21)15-3-2-8-24-15/h2-8H,9-10H2,1H3,(H,18,21)/t25-/m0/s1. The van der Waals surface area contributed by atoms with Crippen molar-refractivity contribution in [3.63, 3.8) is 0 Å². The van der Waals surface area contributed by atoms with Gasteiger partial charge < -0.3 is 14.5 Å². The lowest BCUT2D eigenvalue weighted by atomic mass is 10.2. The number of fused-ring (bicyclic) bond motifs is 1. The summed E-state index contributed by atoms with van der Waals surface area (Å²) in [7, 11) is 0.609. The van der Waals surface area contributed by atoms with E-state index in [1.165, 1.54) is 6.26 Å². The van der Waals surface area contributed by atoms with Gasteiger partial charge in [0, 0.05) is 16.4 Å². The number of carbonyl (C=O) groups excluding carboxylic acids is 1. The lowest BCUT2D eigenvalue weighted by Gasteiger charge is -2.10. The van der Waals surface area contributed by atoms with Crippen LogP contribution in [0.15, 0.2) is 47.1 Å². The van der Waals surface area contributed by atoms with E-state index < -0.39 is 10.8 Å². The molecule has 0 spiro atoms. The van der Waals surface area contributed by atoms with Crippen molar-refractivity contribution in [3.8, 4) is 11.4 Å². The van der Waals surface area contributed by atoms with E-state index in [0.717, 1.165) is 22.7 Å². The molecule has 0 aliphatic carbocycles. The smallest absolute Gasteiger partial charge is 0.292 e. The number of hydrogen-bond donors (Lipinski definition) is 1. The summed E-state index contributed by atoms with van der Waals surface area (Å²) >= 11 is 0. The van der Waals surface area contributed by atoms with Crippen LogP contribution in [0.1, 0.15) is 21.8 Å². The molecule has 0 unspecified atom stereocenters. The van der Waals surface area contributed by atoms with Crippen molar-refractivity contribution < 1.29 is 18.2 Å². The minimum absolute atomic E-state index is 0.204. The van der Waals surface area contributed by atoms with Gasteiger partial charge in [-0.1, -0.05) is 0 Å². The van der Waals surface area contributed by atoms with Crippen LogP contribution in [0.25, 0.3) is 5.69 Å². The maximum absolute atomic E-state index is 12.4. The van der Waals surface area contributed by atoms with Gasteiger partial charge in [-0.3, -0.25) is 9.00 Å². The van der Waals surface area contributed by atoms with E-state index in [1.54, 1.807) is 23.9 Å². The first-order chi connectivity index (χ1) is 12.2. The molecule has 1 atom stereocenters. The van der Waals surface area contributed by atoms with Crippen LogP contribution in [0.4, 0.5) is 5.82 Å². The zero-order valence-corrected chi connectivity index (χ0v) is 14.2. The minimum atomic E-state index is -0.990. The predicted octanol–water partition coefficient (Wildman–Crippen LogP) is 2.49. The zero-order valence-electron chi connectivity index (χ0n) is 13.4. The van der Waals surface area contributed by atoms with Crippen LogP contribution in [-0.4, -0.2) is 27.0 Å². The van der Waals surface area contributed by atoms with Gasteiger partial charge in [0.25, 0.3) is 5.91 Å². The van der Waals surface area contributed by atoms with E-state index in [-0.39, 0.29) is 11.7 Å². The molecular weight excluding hydrogens is 342 g/mol. The molecule has 4 rings (SSSR count). The number of carbonyl (C=O) groups is 1. The molecule has 0 radical (unpaired) electrons. The topological polar surface area (TPSA) is 86.4 Å². The van der Waals surface area contributed by atoms with E-state index in [9.17, 15) is 9.00 Å². The number of rotatable bonds is 4. The fraction of sp³-hybridized carbons (Fsp3) is 0.176. The molecule has 8 heteroatoms. The molecule has 25 heavy (non-hydrogen) atoms. The first-order valence-corrected chi connectivity index (χ1v) is 9.09. The quantitative estimate of drug-likeness (QED) is 0.775. The number of benzene rings is 1. The second kappa shape index (κ2) is 6.21. The van der Waals surface area contributed by atoms with Gasteiger partial charge in [0.05, 0.1) is 36.3 Å². The Hall–Kier alpha value is -2.87. The zero-order chi connectivity index (χ0) is 17.4. The molecular formula is C17H15N3O4S. The van der Waals surface area contributed by atoms with Gasteiger partial charge in [-0.05, 0) is 36.4 Å². The van der Waals surface area contributed by atoms with Crippen LogP contribution in [0.2, 0.25) is 0 Å². The van der Waals surface area contributed by atoms with E-state index in [1.807, 2.05) is 24.3 Å². The summed E-state index contributed by atoms with van der Waals surface area (Å²) in [6.07, 6.45) is 1.44. The van der Waals surface area contributed by atoms with Crippen LogP contribution in [0.5, 0.6) is 5.75 Å². The average molecular weight is 357 g/mol. The first kappa shape index (κ1) is 15.6. The third kappa shape index (κ3) is 2.85. The fourth-order valence-corrected chi connectivity index (χ4v) is 4.01. The highest BCUT2D eigenvalue weighted by Crippen LogP contribution is 2.32. The third-order valence-electron chi connectivity index (χ3n) is 3.96. The lowest BCUT2D eigenvalue weighted by Crippen LogP contribution is -2.16. The summed E-state index contributed by atoms with van der Waals surface area (Å²) in [5.41, 5.74) is 2.31. The van der Waals surface area contributed by atoms with Gasteiger partial charge in [0.15, 0.2) is 5.76 Å². The van der Waals surface area contributed by atoms with Gasteiger partial charge in [-0.15, -0.1) is 0 Å². The van der Waals surface area contributed by atoms with Crippen molar-refractivity contribution in [2.75, 3.05) is 12.4 Å². The number of nitrogens with one attached hydrogen (secondary N) is 1. The number of hydrogen-bond acceptors (Lipinski definition) is 5. The Bertz CT molecular complexity index is 945. The number of methoxy groups -OCH3 is 1. The summed E-state index contributed by atoms with van der Waals surface area (Å²) in [4.78, 5) is 12.4. The van der Waals surface area contributed by atoms with Crippen molar-refractivity contribution in [3.05, 3.63) is 59.7 Å². The summed E-state index contributed by atoms with van der Waals surface area (Å²) < 4.78 is 23.8. The molecule has 1 aromatic carbocycles. The predicted molar refractivity (Wildman–Crippen MR) is 92.3 cm³/mol. The van der Waals surface area contributed by atoms with Crippen molar-refractivity contribution >= 4 is 22.5 Å². The van der Waals surface area contributed by atoms with Crippen LogP contribution in [0, 0.1) is 0 Å². The maximum atomic E-state index is 12.4. The van der Waals surface area contributed by atoms with Crippen molar-refractivity contribution in [2.24, 2.45) is 0 Å². The Kier molecular flexibility index (Phi) is 3.89. The Morgan fingerprint density at radius 1 is 1.28 bits per heavy atom. The van der Waals surface area contributed by atoms with E-state index in [4.69, 9.17) is 9.15 Å². The summed E-state index contributed by atoms with van der Waals surface area (Å²) in [6.45, 7) is 0. The van der Waals surface area contributed by atoms with Gasteiger partial charge >= 0.3 is 0 Å². The van der Waals surface area contributed by atoms with Gasteiger partial charge in [-0.2, -0.15) is 5.10 Å². The highest BCUT2D eigenvalue weighted by Gasteiger charge is 2.28. The number of aromatic nitrogens is 2. The van der Waals surface area contributed by atoms with Crippen molar-refractivity contribution in [2.45, 2.75) is 11.5 Å². The van der Waals surface area contributed by atoms with Crippen molar-refractivity contribution in [1.82, 2.24) is 9.78 Å². The lowest BCUT2D eigenvalue weighted by molar-refractivity contribution is 0.0996.